The summed E-state index contributed by atoms with van der Waals surface area (Å²) < 4.78 is 8.00. The van der Waals surface area contributed by atoms with E-state index in [0.717, 1.165) is 58.6 Å². The number of aromatic nitrogens is 4. The van der Waals surface area contributed by atoms with Crippen LogP contribution in [0.25, 0.3) is 22.5 Å². The molecular weight excluding hydrogens is 362 g/mol. The molecule has 0 bridgehead atoms. The predicted molar refractivity (Wildman–Crippen MR) is 103 cm³/mol. The summed E-state index contributed by atoms with van der Waals surface area (Å²) in [6.07, 6.45) is 4.35. The van der Waals surface area contributed by atoms with Gasteiger partial charge < -0.3 is 8.98 Å². The second-order valence-electron chi connectivity index (χ2n) is 6.78. The van der Waals surface area contributed by atoms with Crippen LogP contribution in [0.3, 0.4) is 0 Å². The van der Waals surface area contributed by atoms with Gasteiger partial charge in [-0.2, -0.15) is 0 Å². The second-order valence-corrected chi connectivity index (χ2v) is 7.19. The molecule has 1 aliphatic heterocycles. The molecule has 27 heavy (non-hydrogen) atoms. The molecule has 7 heteroatoms. The van der Waals surface area contributed by atoms with Gasteiger partial charge in [0.2, 0.25) is 5.89 Å². The summed E-state index contributed by atoms with van der Waals surface area (Å²) in [5.41, 5.74) is 4.90. The van der Waals surface area contributed by atoms with Gasteiger partial charge in [-0.25, -0.2) is 9.97 Å². The largest absolute Gasteiger partial charge is 0.439 e. The fraction of sp³-hybridized carbons (Fsp3) is 0.250. The van der Waals surface area contributed by atoms with Crippen molar-refractivity contribution in [2.24, 2.45) is 7.05 Å². The zero-order valence-corrected chi connectivity index (χ0v) is 15.6. The monoisotopic (exact) mass is 379 g/mol. The van der Waals surface area contributed by atoms with E-state index in [0.29, 0.717) is 6.54 Å². The molecule has 5 rings (SSSR count). The Morgan fingerprint density at radius 1 is 1.19 bits per heavy atom. The van der Waals surface area contributed by atoms with Crippen LogP contribution in [0.1, 0.15) is 17.3 Å². The zero-order chi connectivity index (χ0) is 18.4. The van der Waals surface area contributed by atoms with Crippen LogP contribution in [0.4, 0.5) is 0 Å². The van der Waals surface area contributed by atoms with Gasteiger partial charge in [0, 0.05) is 44.4 Å². The first-order valence-electron chi connectivity index (χ1n) is 8.90. The highest BCUT2D eigenvalue weighted by Crippen LogP contribution is 2.30. The van der Waals surface area contributed by atoms with Crippen LogP contribution in [0, 0.1) is 0 Å². The minimum atomic E-state index is 0.667. The van der Waals surface area contributed by atoms with Crippen LogP contribution in [0.15, 0.2) is 47.1 Å². The molecule has 0 N–H and O–H groups in total. The zero-order valence-electron chi connectivity index (χ0n) is 14.9. The molecule has 0 saturated heterocycles. The third kappa shape index (κ3) is 2.91. The van der Waals surface area contributed by atoms with Crippen molar-refractivity contribution in [1.82, 2.24) is 24.4 Å². The third-order valence-corrected chi connectivity index (χ3v) is 5.37. The Hall–Kier alpha value is -2.70. The molecule has 0 spiro atoms. The summed E-state index contributed by atoms with van der Waals surface area (Å²) in [7, 11) is 2.05. The van der Waals surface area contributed by atoms with Gasteiger partial charge in [-0.15, -0.1) is 0 Å². The number of nitrogens with zero attached hydrogens (tertiary/aromatic N) is 5. The Bertz CT molecular complexity index is 1100. The van der Waals surface area contributed by atoms with Crippen molar-refractivity contribution in [2.75, 3.05) is 6.54 Å². The lowest BCUT2D eigenvalue weighted by molar-refractivity contribution is 0.217. The summed E-state index contributed by atoms with van der Waals surface area (Å²) in [6, 6.07) is 9.69. The summed E-state index contributed by atoms with van der Waals surface area (Å²) in [4.78, 5) is 15.8. The lowest BCUT2D eigenvalue weighted by Crippen LogP contribution is -2.31. The van der Waals surface area contributed by atoms with Crippen molar-refractivity contribution in [3.05, 3.63) is 65.0 Å². The van der Waals surface area contributed by atoms with E-state index < -0.39 is 0 Å². The SMILES string of the molecule is Cn1c(-c2ccccc2Cl)nc2c1CN(Cc1nc3cnccc3o1)CC2. The Morgan fingerprint density at radius 3 is 2.93 bits per heavy atom. The van der Waals surface area contributed by atoms with Gasteiger partial charge in [0.1, 0.15) is 11.3 Å². The number of fused-ring (bicyclic) bond motifs is 2. The fourth-order valence-electron chi connectivity index (χ4n) is 3.65. The highest BCUT2D eigenvalue weighted by atomic mass is 35.5. The van der Waals surface area contributed by atoms with Crippen LogP contribution in [-0.4, -0.2) is 31.0 Å². The topological polar surface area (TPSA) is 60.0 Å². The van der Waals surface area contributed by atoms with E-state index in [1.165, 1.54) is 5.69 Å². The average molecular weight is 380 g/mol. The summed E-state index contributed by atoms with van der Waals surface area (Å²) >= 11 is 6.38. The molecule has 3 aromatic heterocycles. The van der Waals surface area contributed by atoms with Crippen molar-refractivity contribution in [2.45, 2.75) is 19.5 Å². The van der Waals surface area contributed by atoms with E-state index in [2.05, 4.69) is 26.5 Å². The highest BCUT2D eigenvalue weighted by molar-refractivity contribution is 6.33. The first-order valence-corrected chi connectivity index (χ1v) is 9.28. The van der Waals surface area contributed by atoms with Gasteiger partial charge in [0.25, 0.3) is 0 Å². The Kier molecular flexibility index (Phi) is 3.95. The lowest BCUT2D eigenvalue weighted by atomic mass is 10.1. The first kappa shape index (κ1) is 16.5. The molecule has 0 aliphatic carbocycles. The number of pyridine rings is 1. The first-order chi connectivity index (χ1) is 13.2. The van der Waals surface area contributed by atoms with Gasteiger partial charge >= 0.3 is 0 Å². The average Bonchev–Trinajstić information content (AvgIpc) is 3.23. The molecule has 136 valence electrons. The predicted octanol–water partition coefficient (Wildman–Crippen LogP) is 3.84. The van der Waals surface area contributed by atoms with E-state index in [-0.39, 0.29) is 0 Å². The van der Waals surface area contributed by atoms with Crippen LogP contribution in [0.2, 0.25) is 5.02 Å². The minimum Gasteiger partial charge on any atom is -0.439 e. The maximum absolute atomic E-state index is 6.38. The standard InChI is InChI=1S/C20H18ClN5O/c1-25-17-11-26(12-19-23-16-10-22-8-6-18(16)27-19)9-7-15(17)24-20(25)13-4-2-3-5-14(13)21/h2-6,8,10H,7,9,11-12H2,1H3. The number of rotatable bonds is 3. The van der Waals surface area contributed by atoms with E-state index >= 15 is 0 Å². The minimum absolute atomic E-state index is 0.667. The molecule has 4 heterocycles. The van der Waals surface area contributed by atoms with Gasteiger partial charge in [-0.1, -0.05) is 23.7 Å². The van der Waals surface area contributed by atoms with E-state index in [1.54, 1.807) is 12.4 Å². The van der Waals surface area contributed by atoms with Crippen LogP contribution in [0.5, 0.6) is 0 Å². The molecule has 1 aromatic carbocycles. The maximum atomic E-state index is 6.38. The smallest absolute Gasteiger partial charge is 0.209 e. The number of halogens is 1. The molecule has 0 atom stereocenters. The number of hydrogen-bond acceptors (Lipinski definition) is 5. The normalized spacial score (nSPS) is 14.6. The number of imidazole rings is 1. The summed E-state index contributed by atoms with van der Waals surface area (Å²) in [5.74, 6) is 1.63. The third-order valence-electron chi connectivity index (χ3n) is 5.04. The van der Waals surface area contributed by atoms with Crippen molar-refractivity contribution in [3.8, 4) is 11.4 Å². The molecule has 0 radical (unpaired) electrons. The molecule has 6 nitrogen and oxygen atoms in total. The number of benzene rings is 1. The number of hydrogen-bond donors (Lipinski definition) is 0. The van der Waals surface area contributed by atoms with Gasteiger partial charge in [-0.05, 0) is 12.1 Å². The maximum Gasteiger partial charge on any atom is 0.209 e. The van der Waals surface area contributed by atoms with Crippen molar-refractivity contribution in [1.29, 1.82) is 0 Å². The van der Waals surface area contributed by atoms with Gasteiger partial charge in [0.15, 0.2) is 5.58 Å². The van der Waals surface area contributed by atoms with Crippen molar-refractivity contribution in [3.63, 3.8) is 0 Å². The molecule has 1 aliphatic rings. The quantitative estimate of drug-likeness (QED) is 0.541. The molecule has 0 unspecified atom stereocenters. The Morgan fingerprint density at radius 2 is 2.07 bits per heavy atom. The van der Waals surface area contributed by atoms with Crippen LogP contribution >= 0.6 is 11.6 Å². The molecule has 4 aromatic rings. The number of oxazole rings is 1. The van der Waals surface area contributed by atoms with Gasteiger partial charge in [-0.3, -0.25) is 9.88 Å². The lowest BCUT2D eigenvalue weighted by Gasteiger charge is -2.25. The Balaban J connectivity index is 1.42. The summed E-state index contributed by atoms with van der Waals surface area (Å²) in [6.45, 7) is 2.39. The van der Waals surface area contributed by atoms with Crippen LogP contribution in [-0.2, 0) is 26.6 Å². The second kappa shape index (κ2) is 6.48. The highest BCUT2D eigenvalue weighted by Gasteiger charge is 2.25. The van der Waals surface area contributed by atoms with E-state index in [4.69, 9.17) is 21.0 Å². The molecule has 0 amide bonds. The van der Waals surface area contributed by atoms with Crippen LogP contribution < -0.4 is 0 Å². The Labute approximate surface area is 161 Å². The van der Waals surface area contributed by atoms with E-state index in [1.807, 2.05) is 30.3 Å². The molecule has 0 saturated carbocycles. The molecule has 0 fully saturated rings. The van der Waals surface area contributed by atoms with Crippen molar-refractivity contribution >= 4 is 22.7 Å². The molecular formula is C20H18ClN5O. The fourth-order valence-corrected chi connectivity index (χ4v) is 3.87. The summed E-state index contributed by atoms with van der Waals surface area (Å²) in [5, 5.41) is 0.722. The van der Waals surface area contributed by atoms with Crippen molar-refractivity contribution < 1.29 is 4.42 Å². The van der Waals surface area contributed by atoms with E-state index in [9.17, 15) is 0 Å². The van der Waals surface area contributed by atoms with Gasteiger partial charge in [0.05, 0.1) is 29.2 Å².